The third-order valence-corrected chi connectivity index (χ3v) is 9.13. The van der Waals surface area contributed by atoms with Gasteiger partial charge in [0.2, 0.25) is 10.0 Å². The van der Waals surface area contributed by atoms with Crippen molar-refractivity contribution in [1.82, 2.24) is 19.0 Å². The number of aryl methyl sites for hydroxylation is 2. The van der Waals surface area contributed by atoms with Crippen LogP contribution in [0.15, 0.2) is 53.4 Å². The maximum atomic E-state index is 13.3. The van der Waals surface area contributed by atoms with Crippen LogP contribution < -0.4 is 4.74 Å². The minimum Gasteiger partial charge on any atom is -0.497 e. The van der Waals surface area contributed by atoms with Gasteiger partial charge in [0.15, 0.2) is 0 Å². The van der Waals surface area contributed by atoms with Crippen molar-refractivity contribution in [3.63, 3.8) is 0 Å². The number of sulfonamides is 1. The van der Waals surface area contributed by atoms with Crippen LogP contribution in [0.2, 0.25) is 10.2 Å². The molecule has 1 aliphatic rings. The van der Waals surface area contributed by atoms with Crippen LogP contribution in [0.5, 0.6) is 5.75 Å². The lowest BCUT2D eigenvalue weighted by Gasteiger charge is -2.35. The molecule has 0 aliphatic carbocycles. The van der Waals surface area contributed by atoms with Crippen LogP contribution in [0.3, 0.4) is 0 Å². The average molecular weight is 554 g/mol. The quantitative estimate of drug-likeness (QED) is 0.393. The fraction of sp³-hybridized carbons (Fsp3) is 0.400. The second-order valence-electron chi connectivity index (χ2n) is 8.74. The highest BCUT2D eigenvalue weighted by Crippen LogP contribution is 2.29. The van der Waals surface area contributed by atoms with E-state index in [1.807, 2.05) is 48.5 Å². The molecule has 8 nitrogen and oxygen atoms in total. The first kappa shape index (κ1) is 26.9. The van der Waals surface area contributed by atoms with Gasteiger partial charge in [-0.25, -0.2) is 8.42 Å². The number of piperazine rings is 1. The third kappa shape index (κ3) is 6.04. The first-order valence-electron chi connectivity index (χ1n) is 11.6. The standard InChI is InChI=1S/C25H30Cl2N4O4S/c1-18-24(25(27)29(2)28-18)36(32,33)31-13-11-30(12-14-31)16-23(20-7-9-21(26)10-8-20)35-17-19-5-4-6-22(15-19)34-3/h4-10,15,23H,11-14,16-17H2,1-3H3/t23-/m0/s1. The Balaban J connectivity index is 1.44. The molecule has 36 heavy (non-hydrogen) atoms. The molecular weight excluding hydrogens is 523 g/mol. The number of hydrogen-bond acceptors (Lipinski definition) is 6. The molecule has 0 saturated carbocycles. The molecule has 0 radical (unpaired) electrons. The number of benzene rings is 2. The summed E-state index contributed by atoms with van der Waals surface area (Å²) >= 11 is 12.4. The molecule has 1 saturated heterocycles. The monoisotopic (exact) mass is 552 g/mol. The highest BCUT2D eigenvalue weighted by Gasteiger charge is 2.34. The van der Waals surface area contributed by atoms with Crippen LogP contribution in [0.1, 0.15) is 22.9 Å². The Morgan fingerprint density at radius 1 is 1.06 bits per heavy atom. The van der Waals surface area contributed by atoms with Gasteiger partial charge in [-0.1, -0.05) is 47.5 Å². The van der Waals surface area contributed by atoms with Crippen molar-refractivity contribution in [2.45, 2.75) is 24.5 Å². The Kier molecular flexibility index (Phi) is 8.59. The molecular formula is C25H30Cl2N4O4S. The SMILES string of the molecule is COc1cccc(CO[C@@H](CN2CCN(S(=O)(=O)c3c(C)nn(C)c3Cl)CC2)c2ccc(Cl)cc2)c1. The predicted octanol–water partition coefficient (Wildman–Crippen LogP) is 4.31. The number of hydrogen-bond donors (Lipinski definition) is 0. The Morgan fingerprint density at radius 3 is 2.36 bits per heavy atom. The summed E-state index contributed by atoms with van der Waals surface area (Å²) in [5.41, 5.74) is 2.42. The third-order valence-electron chi connectivity index (χ3n) is 6.28. The summed E-state index contributed by atoms with van der Waals surface area (Å²) in [4.78, 5) is 2.30. The van der Waals surface area contributed by atoms with E-state index in [2.05, 4.69) is 10.00 Å². The zero-order valence-electron chi connectivity index (χ0n) is 20.5. The van der Waals surface area contributed by atoms with E-state index < -0.39 is 10.0 Å². The minimum atomic E-state index is -3.73. The van der Waals surface area contributed by atoms with E-state index in [1.54, 1.807) is 21.1 Å². The summed E-state index contributed by atoms with van der Waals surface area (Å²) in [5.74, 6) is 0.778. The largest absolute Gasteiger partial charge is 0.497 e. The van der Waals surface area contributed by atoms with Gasteiger partial charge in [0.1, 0.15) is 15.8 Å². The summed E-state index contributed by atoms with van der Waals surface area (Å²) in [6, 6.07) is 15.4. The highest BCUT2D eigenvalue weighted by molar-refractivity contribution is 7.89. The first-order valence-corrected chi connectivity index (χ1v) is 13.8. The second-order valence-corrected chi connectivity index (χ2v) is 11.4. The Morgan fingerprint density at radius 2 is 1.75 bits per heavy atom. The lowest BCUT2D eigenvalue weighted by molar-refractivity contribution is 0.00767. The molecule has 1 fully saturated rings. The Labute approximate surface area is 222 Å². The van der Waals surface area contributed by atoms with E-state index in [9.17, 15) is 8.42 Å². The van der Waals surface area contributed by atoms with Gasteiger partial charge in [0.25, 0.3) is 0 Å². The normalized spacial score (nSPS) is 16.2. The number of aromatic nitrogens is 2. The van der Waals surface area contributed by atoms with Crippen LogP contribution in [-0.2, 0) is 28.4 Å². The van der Waals surface area contributed by atoms with Crippen molar-refractivity contribution in [1.29, 1.82) is 0 Å². The molecule has 1 atom stereocenters. The summed E-state index contributed by atoms with van der Waals surface area (Å²) in [5, 5.41) is 4.95. The van der Waals surface area contributed by atoms with Gasteiger partial charge < -0.3 is 9.47 Å². The molecule has 0 amide bonds. The van der Waals surface area contributed by atoms with Crippen molar-refractivity contribution >= 4 is 33.2 Å². The fourth-order valence-electron chi connectivity index (χ4n) is 4.31. The fourth-order valence-corrected chi connectivity index (χ4v) is 6.56. The van der Waals surface area contributed by atoms with Crippen molar-refractivity contribution in [2.24, 2.45) is 7.05 Å². The Bertz CT molecular complexity index is 1290. The van der Waals surface area contributed by atoms with Crippen molar-refractivity contribution in [3.8, 4) is 5.75 Å². The van der Waals surface area contributed by atoms with Crippen molar-refractivity contribution < 1.29 is 17.9 Å². The van der Waals surface area contributed by atoms with Gasteiger partial charge in [-0.3, -0.25) is 9.58 Å². The number of halogens is 2. The van der Waals surface area contributed by atoms with Crippen LogP contribution in [0, 0.1) is 6.92 Å². The van der Waals surface area contributed by atoms with Crippen LogP contribution in [0.25, 0.3) is 0 Å². The maximum Gasteiger partial charge on any atom is 0.248 e. The predicted molar refractivity (Wildman–Crippen MR) is 140 cm³/mol. The van der Waals surface area contributed by atoms with E-state index in [4.69, 9.17) is 32.7 Å². The van der Waals surface area contributed by atoms with E-state index in [0.29, 0.717) is 50.0 Å². The van der Waals surface area contributed by atoms with E-state index in [-0.39, 0.29) is 16.2 Å². The molecule has 0 N–H and O–H groups in total. The molecule has 3 aromatic rings. The molecule has 2 heterocycles. The van der Waals surface area contributed by atoms with Gasteiger partial charge in [-0.15, -0.1) is 0 Å². The summed E-state index contributed by atoms with van der Waals surface area (Å²) in [7, 11) is -0.458. The summed E-state index contributed by atoms with van der Waals surface area (Å²) < 4.78 is 41.1. The first-order chi connectivity index (χ1) is 17.2. The van der Waals surface area contributed by atoms with Crippen LogP contribution >= 0.6 is 23.2 Å². The van der Waals surface area contributed by atoms with Crippen molar-refractivity contribution in [2.75, 3.05) is 39.8 Å². The van der Waals surface area contributed by atoms with E-state index in [1.165, 1.54) is 8.99 Å². The van der Waals surface area contributed by atoms with Gasteiger partial charge in [-0.2, -0.15) is 9.40 Å². The second kappa shape index (κ2) is 11.5. The zero-order valence-corrected chi connectivity index (χ0v) is 22.9. The molecule has 2 aromatic carbocycles. The van der Waals surface area contributed by atoms with Gasteiger partial charge >= 0.3 is 0 Å². The lowest BCUT2D eigenvalue weighted by atomic mass is 10.1. The zero-order chi connectivity index (χ0) is 25.9. The lowest BCUT2D eigenvalue weighted by Crippen LogP contribution is -2.49. The molecule has 11 heteroatoms. The molecule has 4 rings (SSSR count). The number of ether oxygens (including phenoxy) is 2. The van der Waals surface area contributed by atoms with Crippen molar-refractivity contribution in [3.05, 3.63) is 75.5 Å². The molecule has 194 valence electrons. The summed E-state index contributed by atoms with van der Waals surface area (Å²) in [6.45, 7) is 4.55. The number of rotatable bonds is 9. The molecule has 1 aromatic heterocycles. The van der Waals surface area contributed by atoms with E-state index in [0.717, 1.165) is 16.9 Å². The molecule has 1 aliphatic heterocycles. The van der Waals surface area contributed by atoms with Gasteiger partial charge in [0, 0.05) is 44.8 Å². The molecule has 0 unspecified atom stereocenters. The highest BCUT2D eigenvalue weighted by atomic mass is 35.5. The smallest absolute Gasteiger partial charge is 0.248 e. The van der Waals surface area contributed by atoms with Gasteiger partial charge in [-0.05, 0) is 42.3 Å². The minimum absolute atomic E-state index is 0.0841. The van der Waals surface area contributed by atoms with Gasteiger partial charge in [0.05, 0.1) is 25.5 Å². The molecule has 0 spiro atoms. The topological polar surface area (TPSA) is 76.9 Å². The van der Waals surface area contributed by atoms with Crippen LogP contribution in [0.4, 0.5) is 0 Å². The number of nitrogens with zero attached hydrogens (tertiary/aromatic N) is 4. The van der Waals surface area contributed by atoms with Crippen LogP contribution in [-0.4, -0.2) is 67.2 Å². The van der Waals surface area contributed by atoms with E-state index >= 15 is 0 Å². The summed E-state index contributed by atoms with van der Waals surface area (Å²) in [6.07, 6.45) is -0.216. The Hall–Kier alpha value is -2.14. The molecule has 0 bridgehead atoms. The average Bonchev–Trinajstić information content (AvgIpc) is 3.14. The number of methoxy groups -OCH3 is 1. The maximum absolute atomic E-state index is 13.3.